The van der Waals surface area contributed by atoms with Crippen molar-refractivity contribution in [3.05, 3.63) is 0 Å². The smallest absolute Gasteiger partial charge is 0.227 e. The molecule has 0 aromatic rings. The Hall–Kier alpha value is -1.76. The maximum atomic E-state index is 12.4. The van der Waals surface area contributed by atoms with E-state index in [9.17, 15) is 19.2 Å². The second-order valence-electron chi connectivity index (χ2n) is 6.84. The molecule has 3 unspecified atom stereocenters. The largest absolute Gasteiger partial charge is 0.369 e. The molecule has 0 aliphatic carbocycles. The molecule has 0 spiro atoms. The van der Waals surface area contributed by atoms with Gasteiger partial charge in [0.1, 0.15) is 12.3 Å². The molecular formula is C22H54N3O4+. The molecule has 0 bridgehead atoms. The highest BCUT2D eigenvalue weighted by Gasteiger charge is 2.37. The molecule has 0 aliphatic heterocycles. The van der Waals surface area contributed by atoms with Crippen molar-refractivity contribution in [2.45, 2.75) is 78.7 Å². The number of hydrogen-bond donors (Lipinski definition) is 2. The Morgan fingerprint density at radius 2 is 1.34 bits per heavy atom. The molecule has 180 valence electrons. The monoisotopic (exact) mass is 424 g/mol. The van der Waals surface area contributed by atoms with Crippen molar-refractivity contribution in [2.24, 2.45) is 23.5 Å². The number of nitrogens with zero attached hydrogens (tertiary/aromatic N) is 1. The predicted molar refractivity (Wildman–Crippen MR) is 127 cm³/mol. The number of quaternary nitrogens is 1. The van der Waals surface area contributed by atoms with Gasteiger partial charge in [0.2, 0.25) is 11.8 Å². The number of nitrogens with one attached hydrogen (secondary N) is 1. The summed E-state index contributed by atoms with van der Waals surface area (Å²) in [7, 11) is 3.65. The Balaban J connectivity index is -0.000000161. The summed E-state index contributed by atoms with van der Waals surface area (Å²) < 4.78 is 0.311. The van der Waals surface area contributed by atoms with E-state index in [4.69, 9.17) is 5.73 Å². The third-order valence-electron chi connectivity index (χ3n) is 3.99. The van der Waals surface area contributed by atoms with Crippen LogP contribution in [0.2, 0.25) is 0 Å². The lowest BCUT2D eigenvalue weighted by Crippen LogP contribution is -2.52. The van der Waals surface area contributed by atoms with Crippen LogP contribution in [0.25, 0.3) is 0 Å². The number of ketones is 2. The van der Waals surface area contributed by atoms with E-state index in [0.29, 0.717) is 17.4 Å². The number of nitrogens with two attached hydrogens (primary N) is 1. The topological polar surface area (TPSA) is 106 Å². The van der Waals surface area contributed by atoms with Gasteiger partial charge in [-0.1, -0.05) is 58.4 Å². The van der Waals surface area contributed by atoms with Crippen LogP contribution in [0.1, 0.15) is 78.7 Å². The SMILES string of the molecule is C.C.C.C.C.C.CCC(C(N)=O)C(C(C)=O)C(C)C(=O)NC[N+](C)(C)CC(C)=O. The van der Waals surface area contributed by atoms with Crippen molar-refractivity contribution in [2.75, 3.05) is 27.3 Å². The normalized spacial score (nSPS) is 12.2. The summed E-state index contributed by atoms with van der Waals surface area (Å²) >= 11 is 0. The van der Waals surface area contributed by atoms with Crippen molar-refractivity contribution in [3.8, 4) is 0 Å². The summed E-state index contributed by atoms with van der Waals surface area (Å²) in [6.07, 6.45) is 0.406. The second-order valence-corrected chi connectivity index (χ2v) is 6.84. The Morgan fingerprint density at radius 3 is 1.62 bits per heavy atom. The standard InChI is InChI=1S/C16H29N3O4.6CH4/c1-7-13(15(17)22)14(12(4)21)11(3)16(23)18-9-19(5,6)8-10(2)20;;;;;;/h11,13-14H,7-9H2,1-6H3,(H2-,17,18,22,23);6*1H4/p+1. The van der Waals surface area contributed by atoms with Crippen molar-refractivity contribution < 1.29 is 23.7 Å². The summed E-state index contributed by atoms with van der Waals surface area (Å²) in [5, 5.41) is 2.76. The number of carbonyl (C=O) groups excluding carboxylic acids is 4. The van der Waals surface area contributed by atoms with E-state index in [0.717, 1.165) is 0 Å². The molecule has 0 fully saturated rings. The fourth-order valence-corrected chi connectivity index (χ4v) is 2.89. The van der Waals surface area contributed by atoms with E-state index in [1.54, 1.807) is 13.8 Å². The summed E-state index contributed by atoms with van der Waals surface area (Å²) in [5.74, 6) is -3.15. The predicted octanol–water partition coefficient (Wildman–Crippen LogP) is 3.89. The molecule has 0 saturated carbocycles. The van der Waals surface area contributed by atoms with Gasteiger partial charge in [-0.05, 0) is 13.3 Å². The van der Waals surface area contributed by atoms with Gasteiger partial charge in [-0.25, -0.2) is 0 Å². The highest BCUT2D eigenvalue weighted by molar-refractivity contribution is 5.91. The minimum absolute atomic E-state index is 0. The Kier molecular flexibility index (Phi) is 30.9. The zero-order valence-corrected chi connectivity index (χ0v) is 15.0. The number of rotatable bonds is 10. The summed E-state index contributed by atoms with van der Waals surface area (Å²) in [6, 6.07) is 0. The van der Waals surface area contributed by atoms with Crippen LogP contribution in [0.5, 0.6) is 0 Å². The number of amides is 2. The molecule has 0 aromatic heterocycles. The van der Waals surface area contributed by atoms with Gasteiger partial charge in [0.15, 0.2) is 12.5 Å². The van der Waals surface area contributed by atoms with Crippen LogP contribution in [0.3, 0.4) is 0 Å². The molecule has 29 heavy (non-hydrogen) atoms. The van der Waals surface area contributed by atoms with Gasteiger partial charge in [0, 0.05) is 24.7 Å². The third-order valence-corrected chi connectivity index (χ3v) is 3.99. The zero-order chi connectivity index (χ0) is 18.4. The molecule has 0 saturated heterocycles. The minimum atomic E-state index is -0.735. The molecular weight excluding hydrogens is 370 g/mol. The maximum absolute atomic E-state index is 12.4. The lowest BCUT2D eigenvalue weighted by Gasteiger charge is -2.31. The fraction of sp³-hybridized carbons (Fsp3) is 0.818. The first-order valence-corrected chi connectivity index (χ1v) is 7.81. The van der Waals surface area contributed by atoms with Gasteiger partial charge < -0.3 is 15.5 Å². The highest BCUT2D eigenvalue weighted by atomic mass is 16.2. The number of carbonyl (C=O) groups is 4. The van der Waals surface area contributed by atoms with Gasteiger partial charge in [-0.3, -0.25) is 19.2 Å². The van der Waals surface area contributed by atoms with Gasteiger partial charge in [-0.2, -0.15) is 0 Å². The Labute approximate surface area is 182 Å². The fourth-order valence-electron chi connectivity index (χ4n) is 2.89. The van der Waals surface area contributed by atoms with Crippen molar-refractivity contribution in [1.82, 2.24) is 5.32 Å². The second kappa shape index (κ2) is 19.6. The first kappa shape index (κ1) is 45.8. The van der Waals surface area contributed by atoms with Crippen LogP contribution in [0, 0.1) is 17.8 Å². The number of hydrogen-bond acceptors (Lipinski definition) is 4. The van der Waals surface area contributed by atoms with Crippen LogP contribution in [0.15, 0.2) is 0 Å². The van der Waals surface area contributed by atoms with Gasteiger partial charge in [0.25, 0.3) is 0 Å². The average molecular weight is 425 g/mol. The van der Waals surface area contributed by atoms with Crippen LogP contribution in [-0.4, -0.2) is 55.2 Å². The van der Waals surface area contributed by atoms with Gasteiger partial charge >= 0.3 is 0 Å². The Bertz CT molecular complexity index is 477. The molecule has 0 radical (unpaired) electrons. The first-order chi connectivity index (χ1) is 10.4. The molecule has 0 heterocycles. The quantitative estimate of drug-likeness (QED) is 0.410. The van der Waals surface area contributed by atoms with Crippen LogP contribution < -0.4 is 11.1 Å². The molecule has 3 atom stereocenters. The van der Waals surface area contributed by atoms with Crippen LogP contribution in [-0.2, 0) is 19.2 Å². The van der Waals surface area contributed by atoms with Crippen molar-refractivity contribution in [1.29, 1.82) is 0 Å². The number of Topliss-reactive ketones (excluding diaryl/α,β-unsaturated/α-hetero) is 2. The summed E-state index contributed by atoms with van der Waals surface area (Å²) in [5.41, 5.74) is 5.36. The van der Waals surface area contributed by atoms with E-state index in [1.807, 2.05) is 14.1 Å². The zero-order valence-electron chi connectivity index (χ0n) is 15.0. The molecule has 2 amide bonds. The lowest BCUT2D eigenvalue weighted by molar-refractivity contribution is -0.884. The molecule has 0 aliphatic rings. The van der Waals surface area contributed by atoms with E-state index in [-0.39, 0.29) is 68.7 Å². The molecule has 3 N–H and O–H groups in total. The van der Waals surface area contributed by atoms with E-state index >= 15 is 0 Å². The minimum Gasteiger partial charge on any atom is -0.369 e. The van der Waals surface area contributed by atoms with Crippen LogP contribution in [0.4, 0.5) is 0 Å². The molecule has 7 nitrogen and oxygen atoms in total. The van der Waals surface area contributed by atoms with E-state index in [1.165, 1.54) is 13.8 Å². The highest BCUT2D eigenvalue weighted by Crippen LogP contribution is 2.25. The lowest BCUT2D eigenvalue weighted by atomic mass is 9.77. The molecule has 0 aromatic carbocycles. The summed E-state index contributed by atoms with van der Waals surface area (Å²) in [4.78, 5) is 47.0. The Morgan fingerprint density at radius 1 is 0.931 bits per heavy atom. The van der Waals surface area contributed by atoms with E-state index in [2.05, 4.69) is 5.32 Å². The maximum Gasteiger partial charge on any atom is 0.227 e. The first-order valence-electron chi connectivity index (χ1n) is 7.81. The van der Waals surface area contributed by atoms with Crippen molar-refractivity contribution in [3.63, 3.8) is 0 Å². The molecule has 7 heteroatoms. The number of primary amides is 1. The van der Waals surface area contributed by atoms with Crippen molar-refractivity contribution >= 4 is 23.4 Å². The van der Waals surface area contributed by atoms with Gasteiger partial charge in [-0.15, -0.1) is 0 Å². The molecule has 0 rings (SSSR count). The number of likely N-dealkylation sites (N-methyl/N-ethyl adjacent to an activating group) is 1. The van der Waals surface area contributed by atoms with Crippen LogP contribution >= 0.6 is 0 Å². The summed E-state index contributed by atoms with van der Waals surface area (Å²) in [6.45, 7) is 6.82. The van der Waals surface area contributed by atoms with Gasteiger partial charge in [0.05, 0.1) is 14.1 Å². The third kappa shape index (κ3) is 15.8. The average Bonchev–Trinajstić information content (AvgIpc) is 2.38. The van der Waals surface area contributed by atoms with E-state index < -0.39 is 23.7 Å².